The standard InChI is InChI=1S/C16H18N2O3/c1-10-9-11(2)18-16(14(10)15(17)20)21-13-5-3-12(4-6-13)7-8-19/h3-6,9,19H,7-8H2,1-2H3,(H2,17,20). The lowest BCUT2D eigenvalue weighted by molar-refractivity contribution is 0.0997. The number of ether oxygens (including phenoxy) is 1. The van der Waals surface area contributed by atoms with E-state index < -0.39 is 5.91 Å². The van der Waals surface area contributed by atoms with Gasteiger partial charge in [0.15, 0.2) is 0 Å². The number of aryl methyl sites for hydroxylation is 2. The van der Waals surface area contributed by atoms with E-state index >= 15 is 0 Å². The lowest BCUT2D eigenvalue weighted by Crippen LogP contribution is -2.15. The van der Waals surface area contributed by atoms with Crippen molar-refractivity contribution in [2.75, 3.05) is 6.61 Å². The molecule has 2 aromatic rings. The largest absolute Gasteiger partial charge is 0.438 e. The van der Waals surface area contributed by atoms with E-state index in [4.69, 9.17) is 15.6 Å². The van der Waals surface area contributed by atoms with Gasteiger partial charge in [-0.2, -0.15) is 0 Å². The van der Waals surface area contributed by atoms with Gasteiger partial charge in [-0.15, -0.1) is 0 Å². The van der Waals surface area contributed by atoms with Crippen LogP contribution in [0.4, 0.5) is 0 Å². The number of pyridine rings is 1. The van der Waals surface area contributed by atoms with Crippen molar-refractivity contribution < 1.29 is 14.6 Å². The lowest BCUT2D eigenvalue weighted by atomic mass is 10.1. The number of primary amides is 1. The molecule has 0 radical (unpaired) electrons. The average molecular weight is 286 g/mol. The van der Waals surface area contributed by atoms with Gasteiger partial charge in [-0.05, 0) is 49.6 Å². The van der Waals surface area contributed by atoms with Gasteiger partial charge in [0.1, 0.15) is 11.3 Å². The molecule has 3 N–H and O–H groups in total. The molecular formula is C16H18N2O3. The van der Waals surface area contributed by atoms with Crippen LogP contribution in [0, 0.1) is 13.8 Å². The number of hydrogen-bond acceptors (Lipinski definition) is 4. The van der Waals surface area contributed by atoms with E-state index in [1.165, 1.54) is 0 Å². The molecular weight excluding hydrogens is 268 g/mol. The van der Waals surface area contributed by atoms with Gasteiger partial charge in [0.2, 0.25) is 5.88 Å². The van der Waals surface area contributed by atoms with Crippen molar-refractivity contribution in [2.45, 2.75) is 20.3 Å². The first-order valence-corrected chi connectivity index (χ1v) is 6.67. The van der Waals surface area contributed by atoms with Gasteiger partial charge < -0.3 is 15.6 Å². The third-order valence-electron chi connectivity index (χ3n) is 3.10. The summed E-state index contributed by atoms with van der Waals surface area (Å²) in [6.07, 6.45) is 0.592. The molecule has 0 fully saturated rings. The Morgan fingerprint density at radius 3 is 2.52 bits per heavy atom. The van der Waals surface area contributed by atoms with Crippen molar-refractivity contribution in [1.82, 2.24) is 4.98 Å². The molecule has 0 saturated carbocycles. The summed E-state index contributed by atoms with van der Waals surface area (Å²) in [6, 6.07) is 9.05. The summed E-state index contributed by atoms with van der Waals surface area (Å²) in [5.74, 6) is 0.221. The van der Waals surface area contributed by atoms with Crippen molar-refractivity contribution in [3.63, 3.8) is 0 Å². The highest BCUT2D eigenvalue weighted by Crippen LogP contribution is 2.26. The molecule has 0 aliphatic heterocycles. The number of benzene rings is 1. The smallest absolute Gasteiger partial charge is 0.254 e. The van der Waals surface area contributed by atoms with Crippen molar-refractivity contribution >= 4 is 5.91 Å². The van der Waals surface area contributed by atoms with E-state index in [1.807, 2.05) is 19.1 Å². The maximum atomic E-state index is 11.6. The molecule has 1 aromatic carbocycles. The molecule has 110 valence electrons. The Morgan fingerprint density at radius 2 is 1.95 bits per heavy atom. The van der Waals surface area contributed by atoms with E-state index in [-0.39, 0.29) is 12.5 Å². The first-order valence-electron chi connectivity index (χ1n) is 6.67. The highest BCUT2D eigenvalue weighted by Gasteiger charge is 2.16. The molecule has 0 aliphatic carbocycles. The highest BCUT2D eigenvalue weighted by atomic mass is 16.5. The summed E-state index contributed by atoms with van der Waals surface area (Å²) in [4.78, 5) is 15.8. The number of aliphatic hydroxyl groups excluding tert-OH is 1. The molecule has 2 rings (SSSR count). The second kappa shape index (κ2) is 6.37. The zero-order valence-electron chi connectivity index (χ0n) is 12.1. The van der Waals surface area contributed by atoms with Crippen LogP contribution in [0.25, 0.3) is 0 Å². The summed E-state index contributed by atoms with van der Waals surface area (Å²) in [7, 11) is 0. The Hall–Kier alpha value is -2.40. The SMILES string of the molecule is Cc1cc(C)c(C(N)=O)c(Oc2ccc(CCO)cc2)n1. The van der Waals surface area contributed by atoms with Gasteiger partial charge in [0, 0.05) is 12.3 Å². The van der Waals surface area contributed by atoms with Crippen molar-refractivity contribution in [3.05, 3.63) is 52.7 Å². The maximum absolute atomic E-state index is 11.6. The van der Waals surface area contributed by atoms with Crippen molar-refractivity contribution in [2.24, 2.45) is 5.73 Å². The Labute approximate surface area is 123 Å². The Kier molecular flexibility index (Phi) is 4.55. The fourth-order valence-corrected chi connectivity index (χ4v) is 2.14. The predicted octanol–water partition coefficient (Wildman–Crippen LogP) is 2.12. The number of amides is 1. The van der Waals surface area contributed by atoms with Crippen LogP contribution < -0.4 is 10.5 Å². The van der Waals surface area contributed by atoms with Crippen LogP contribution in [-0.4, -0.2) is 22.6 Å². The van der Waals surface area contributed by atoms with Gasteiger partial charge in [-0.25, -0.2) is 4.98 Å². The van der Waals surface area contributed by atoms with Crippen LogP contribution >= 0.6 is 0 Å². The fraction of sp³-hybridized carbons (Fsp3) is 0.250. The Bertz CT molecular complexity index is 651. The summed E-state index contributed by atoms with van der Waals surface area (Å²) >= 11 is 0. The van der Waals surface area contributed by atoms with E-state index in [0.717, 1.165) is 16.8 Å². The molecule has 21 heavy (non-hydrogen) atoms. The lowest BCUT2D eigenvalue weighted by Gasteiger charge is -2.11. The molecule has 0 aliphatic rings. The number of carbonyl (C=O) groups is 1. The van der Waals surface area contributed by atoms with Crippen molar-refractivity contribution in [1.29, 1.82) is 0 Å². The van der Waals surface area contributed by atoms with E-state index in [0.29, 0.717) is 17.7 Å². The van der Waals surface area contributed by atoms with Gasteiger partial charge in [0.25, 0.3) is 5.91 Å². The van der Waals surface area contributed by atoms with Gasteiger partial charge in [-0.3, -0.25) is 4.79 Å². The number of nitrogens with zero attached hydrogens (tertiary/aromatic N) is 1. The van der Waals surface area contributed by atoms with E-state index in [1.54, 1.807) is 25.1 Å². The molecule has 0 atom stereocenters. The number of rotatable bonds is 5. The second-order valence-electron chi connectivity index (χ2n) is 4.84. The fourth-order valence-electron chi connectivity index (χ4n) is 2.14. The summed E-state index contributed by atoms with van der Waals surface area (Å²) in [5, 5.41) is 8.89. The number of nitrogens with two attached hydrogens (primary N) is 1. The third-order valence-corrected chi connectivity index (χ3v) is 3.10. The van der Waals surface area contributed by atoms with E-state index in [2.05, 4.69) is 4.98 Å². The van der Waals surface area contributed by atoms with Crippen LogP contribution in [0.5, 0.6) is 11.6 Å². The minimum Gasteiger partial charge on any atom is -0.438 e. The molecule has 0 spiro atoms. The maximum Gasteiger partial charge on any atom is 0.254 e. The van der Waals surface area contributed by atoms with Gasteiger partial charge in [-0.1, -0.05) is 12.1 Å². The number of aliphatic hydroxyl groups is 1. The van der Waals surface area contributed by atoms with Crippen LogP contribution in [0.2, 0.25) is 0 Å². The molecule has 1 aromatic heterocycles. The van der Waals surface area contributed by atoms with Crippen molar-refractivity contribution in [3.8, 4) is 11.6 Å². The van der Waals surface area contributed by atoms with Crippen LogP contribution in [0.3, 0.4) is 0 Å². The first-order chi connectivity index (χ1) is 10.0. The van der Waals surface area contributed by atoms with Gasteiger partial charge >= 0.3 is 0 Å². The average Bonchev–Trinajstić information content (AvgIpc) is 2.40. The Morgan fingerprint density at radius 1 is 1.29 bits per heavy atom. The summed E-state index contributed by atoms with van der Waals surface area (Å²) in [6.45, 7) is 3.73. The minimum atomic E-state index is -0.563. The number of carbonyl (C=O) groups excluding carboxylic acids is 1. The summed E-state index contributed by atoms with van der Waals surface area (Å²) in [5.41, 5.74) is 8.19. The first kappa shape index (κ1) is 15.0. The van der Waals surface area contributed by atoms with Crippen LogP contribution in [0.1, 0.15) is 27.2 Å². The predicted molar refractivity (Wildman–Crippen MR) is 79.5 cm³/mol. The minimum absolute atomic E-state index is 0.102. The zero-order chi connectivity index (χ0) is 15.4. The molecule has 0 unspecified atom stereocenters. The molecule has 0 saturated heterocycles. The molecule has 0 bridgehead atoms. The Balaban J connectivity index is 2.32. The van der Waals surface area contributed by atoms with Crippen LogP contribution in [0.15, 0.2) is 30.3 Å². The van der Waals surface area contributed by atoms with Gasteiger partial charge in [0.05, 0.1) is 0 Å². The zero-order valence-corrected chi connectivity index (χ0v) is 12.1. The summed E-state index contributed by atoms with van der Waals surface area (Å²) < 4.78 is 5.69. The molecule has 1 heterocycles. The molecule has 1 amide bonds. The van der Waals surface area contributed by atoms with Crippen LogP contribution in [-0.2, 0) is 6.42 Å². The molecule has 5 nitrogen and oxygen atoms in total. The topological polar surface area (TPSA) is 85.4 Å². The normalized spacial score (nSPS) is 10.4. The third kappa shape index (κ3) is 3.58. The number of aromatic nitrogens is 1. The second-order valence-corrected chi connectivity index (χ2v) is 4.84. The highest BCUT2D eigenvalue weighted by molar-refractivity contribution is 5.96. The van der Waals surface area contributed by atoms with E-state index in [9.17, 15) is 4.79 Å². The number of hydrogen-bond donors (Lipinski definition) is 2. The quantitative estimate of drug-likeness (QED) is 0.881. The molecule has 5 heteroatoms. The monoisotopic (exact) mass is 286 g/mol.